The maximum Gasteiger partial charge on any atom is 1.00 e. The van der Waals surface area contributed by atoms with Crippen molar-refractivity contribution in [3.8, 4) is 0 Å². The van der Waals surface area contributed by atoms with E-state index in [0.29, 0.717) is 0 Å². The Kier molecular flexibility index (Phi) is 302. The van der Waals surface area contributed by atoms with Crippen LogP contribution < -0.4 is 35.7 Å². The topological polar surface area (TPSA) is 68.0 Å². The van der Waals surface area contributed by atoms with Gasteiger partial charge in [0, 0.05) is 18.6 Å². The molecular formula is H6NNaOV+2. The second-order valence-electron chi connectivity index (χ2n) is 0. The number of rotatable bonds is 0. The summed E-state index contributed by atoms with van der Waals surface area (Å²) in [6, 6.07) is 0. The smallest absolute Gasteiger partial charge is 0.412 e. The fourth-order valence-corrected chi connectivity index (χ4v) is 0. The molecule has 0 aromatic heterocycles. The van der Waals surface area contributed by atoms with Crippen molar-refractivity contribution in [2.24, 2.45) is 0 Å². The Balaban J connectivity index is 0. The van der Waals surface area contributed by atoms with Gasteiger partial charge in [0.1, 0.15) is 0 Å². The van der Waals surface area contributed by atoms with Crippen LogP contribution in [0.1, 0.15) is 0 Å². The molecule has 0 fully saturated rings. The summed E-state index contributed by atoms with van der Waals surface area (Å²) >= 11 is 0. The Morgan fingerprint density at radius 1 is 1.00 bits per heavy atom. The van der Waals surface area contributed by atoms with Crippen LogP contribution in [0.5, 0.6) is 0 Å². The van der Waals surface area contributed by atoms with E-state index in [1.54, 1.807) is 0 Å². The van der Waals surface area contributed by atoms with E-state index in [1.165, 1.54) is 0 Å². The maximum absolute atomic E-state index is 0. The van der Waals surface area contributed by atoms with Gasteiger partial charge in [0.2, 0.25) is 0 Å². The Hall–Kier alpha value is 1.50. The molecule has 0 saturated carbocycles. The van der Waals surface area contributed by atoms with Crippen LogP contribution in [0.15, 0.2) is 0 Å². The van der Waals surface area contributed by atoms with Crippen molar-refractivity contribution in [2.75, 3.05) is 0 Å². The van der Waals surface area contributed by atoms with Crippen LogP contribution in [0.3, 0.4) is 0 Å². The number of quaternary nitrogens is 1. The minimum Gasteiger partial charge on any atom is -0.412 e. The van der Waals surface area contributed by atoms with E-state index < -0.39 is 0 Å². The first-order valence-electron chi connectivity index (χ1n) is 0. The maximum atomic E-state index is 0. The van der Waals surface area contributed by atoms with Crippen LogP contribution in [0.2, 0.25) is 0 Å². The van der Waals surface area contributed by atoms with E-state index in [2.05, 4.69) is 0 Å². The molecule has 2 nitrogen and oxygen atoms in total. The van der Waals surface area contributed by atoms with E-state index >= 15 is 0 Å². The molecule has 0 saturated heterocycles. The van der Waals surface area contributed by atoms with Gasteiger partial charge in [-0.3, -0.25) is 0 Å². The zero-order chi connectivity index (χ0) is 0. The van der Waals surface area contributed by atoms with Crippen LogP contribution in [-0.2, 0) is 18.6 Å². The van der Waals surface area contributed by atoms with Gasteiger partial charge in [-0.25, -0.2) is 0 Å². The van der Waals surface area contributed by atoms with Gasteiger partial charge in [-0.1, -0.05) is 0 Å². The quantitative estimate of drug-likeness (QED) is 0.315. The average Bonchev–Trinajstić information content (AvgIpc) is 0. The third-order valence-electron chi connectivity index (χ3n) is 0. The normalized spacial score (nSPS) is 0. The van der Waals surface area contributed by atoms with Crippen molar-refractivity contribution in [1.82, 2.24) is 6.15 Å². The summed E-state index contributed by atoms with van der Waals surface area (Å²) in [6.45, 7) is 0. The Bertz CT molecular complexity index is 8.00. The summed E-state index contributed by atoms with van der Waals surface area (Å²) in [5.74, 6) is 0. The molecule has 21 valence electrons. The van der Waals surface area contributed by atoms with E-state index in [9.17, 15) is 0 Å². The minimum absolute atomic E-state index is 0. The van der Waals surface area contributed by atoms with Crippen molar-refractivity contribution < 1.29 is 53.6 Å². The molecule has 0 aromatic carbocycles. The molecule has 1 radical (unpaired) electrons. The van der Waals surface area contributed by atoms with Gasteiger partial charge in [0.05, 0.1) is 0 Å². The van der Waals surface area contributed by atoms with Gasteiger partial charge < -0.3 is 11.6 Å². The monoisotopic (exact) mass is 110 g/mol. The van der Waals surface area contributed by atoms with Crippen LogP contribution in [-0.4, -0.2) is 5.48 Å². The molecule has 6 N–H and O–H groups in total. The van der Waals surface area contributed by atoms with E-state index in [0.717, 1.165) is 0 Å². The third-order valence-corrected chi connectivity index (χ3v) is 0. The van der Waals surface area contributed by atoms with E-state index in [1.807, 2.05) is 0 Å². The molecule has 0 spiro atoms. The van der Waals surface area contributed by atoms with Crippen molar-refractivity contribution in [2.45, 2.75) is 0 Å². The van der Waals surface area contributed by atoms with E-state index in [-0.39, 0.29) is 59.7 Å². The molecule has 0 aliphatic carbocycles. The third kappa shape index (κ3) is 9.71. The van der Waals surface area contributed by atoms with Gasteiger partial charge in [0.15, 0.2) is 0 Å². The van der Waals surface area contributed by atoms with Crippen molar-refractivity contribution in [1.29, 1.82) is 0 Å². The predicted octanol–water partition coefficient (Wildman–Crippen LogP) is -3.45. The van der Waals surface area contributed by atoms with Gasteiger partial charge in [-0.15, -0.1) is 0 Å². The number of hydrogen-bond acceptors (Lipinski definition) is 0. The first-order chi connectivity index (χ1) is 0. The Labute approximate surface area is 59.4 Å². The standard InChI is InChI=1S/H3N.Na.H2O.V/h1H3;;1H2;/q;+1;;/p+1. The molecule has 0 aromatic rings. The summed E-state index contributed by atoms with van der Waals surface area (Å²) in [5, 5.41) is 0. The first kappa shape index (κ1) is 49.3. The van der Waals surface area contributed by atoms with Crippen LogP contribution in [0, 0.1) is 0 Å². The summed E-state index contributed by atoms with van der Waals surface area (Å²) in [5.41, 5.74) is 0. The molecule has 0 atom stereocenters. The molecule has 0 unspecified atom stereocenters. The van der Waals surface area contributed by atoms with Crippen molar-refractivity contribution in [3.63, 3.8) is 0 Å². The van der Waals surface area contributed by atoms with Gasteiger partial charge >= 0.3 is 29.6 Å². The second-order valence-corrected chi connectivity index (χ2v) is 0. The van der Waals surface area contributed by atoms with Gasteiger partial charge in [-0.2, -0.15) is 0 Å². The zero-order valence-electron chi connectivity index (χ0n) is 2.95. The van der Waals surface area contributed by atoms with Crippen LogP contribution in [0.25, 0.3) is 0 Å². The van der Waals surface area contributed by atoms with Gasteiger partial charge in [0.25, 0.3) is 0 Å². The van der Waals surface area contributed by atoms with Gasteiger partial charge in [-0.05, 0) is 0 Å². The molecule has 4 heteroatoms. The molecule has 0 bridgehead atoms. The van der Waals surface area contributed by atoms with E-state index in [4.69, 9.17) is 0 Å². The molecule has 0 rings (SSSR count). The van der Waals surface area contributed by atoms with Crippen molar-refractivity contribution in [3.05, 3.63) is 0 Å². The van der Waals surface area contributed by atoms with Crippen molar-refractivity contribution >= 4 is 0 Å². The fourth-order valence-electron chi connectivity index (χ4n) is 0. The Morgan fingerprint density at radius 2 is 1.00 bits per heavy atom. The summed E-state index contributed by atoms with van der Waals surface area (Å²) < 4.78 is 0. The fraction of sp³-hybridized carbons (Fsp3) is 0. The molecular weight excluding hydrogens is 104 g/mol. The van der Waals surface area contributed by atoms with Crippen LogP contribution >= 0.6 is 0 Å². The molecule has 0 amide bonds. The molecule has 4 heavy (non-hydrogen) atoms. The average molecular weight is 110 g/mol. The second kappa shape index (κ2) is 24.4. The zero-order valence-corrected chi connectivity index (χ0v) is 6.34. The largest absolute Gasteiger partial charge is 1.00 e. The molecule has 0 aliphatic heterocycles. The summed E-state index contributed by atoms with van der Waals surface area (Å²) in [6.07, 6.45) is 0. The summed E-state index contributed by atoms with van der Waals surface area (Å²) in [4.78, 5) is 0. The molecule has 0 heterocycles. The summed E-state index contributed by atoms with van der Waals surface area (Å²) in [7, 11) is 0. The molecule has 0 aliphatic rings. The first-order valence-corrected chi connectivity index (χ1v) is 0. The number of hydrogen-bond donors (Lipinski definition) is 1. The van der Waals surface area contributed by atoms with Crippen LogP contribution in [0.4, 0.5) is 0 Å². The predicted molar refractivity (Wildman–Crippen MR) is 9.60 cm³/mol. The minimum atomic E-state index is 0. The SMILES string of the molecule is O.[NH4+].[Na+].[V]. The Morgan fingerprint density at radius 3 is 1.00 bits per heavy atom.